The quantitative estimate of drug-likeness (QED) is 0.485. The van der Waals surface area contributed by atoms with E-state index in [4.69, 9.17) is 3.79 Å². The molecule has 0 aliphatic carbocycles. The second-order valence-electron chi connectivity index (χ2n) is 10.6. The Morgan fingerprint density at radius 2 is 1.16 bits per heavy atom. The molecule has 1 nitrogen and oxygen atoms in total. The molecule has 0 heterocycles. The molecular formula is C23H41AlO. The first-order chi connectivity index (χ1) is 11.2. The molecule has 2 heteroatoms. The fourth-order valence-electron chi connectivity index (χ4n) is 3.75. The fraction of sp³-hybridized carbons (Fsp3) is 0.739. The lowest BCUT2D eigenvalue weighted by molar-refractivity contribution is 0.510. The van der Waals surface area contributed by atoms with Crippen LogP contribution >= 0.6 is 0 Å². The van der Waals surface area contributed by atoms with Gasteiger partial charge in [-0.1, -0.05) is 91.6 Å². The number of hydrogen-bond acceptors (Lipinski definition) is 1. The maximum Gasteiger partial charge on any atom is 0.547 e. The van der Waals surface area contributed by atoms with Gasteiger partial charge in [-0.2, -0.15) is 0 Å². The molecule has 0 radical (unpaired) electrons. The highest BCUT2D eigenvalue weighted by atomic mass is 27.2. The van der Waals surface area contributed by atoms with Crippen molar-refractivity contribution in [3.63, 3.8) is 0 Å². The first-order valence-corrected chi connectivity index (χ1v) is 12.1. The van der Waals surface area contributed by atoms with Crippen LogP contribution < -0.4 is 3.79 Å². The molecule has 142 valence electrons. The van der Waals surface area contributed by atoms with Gasteiger partial charge in [-0.05, 0) is 46.6 Å². The van der Waals surface area contributed by atoms with Crippen molar-refractivity contribution in [1.82, 2.24) is 0 Å². The Balaban J connectivity index is 3.33. The average molecular weight is 361 g/mol. The van der Waals surface area contributed by atoms with Crippen LogP contribution in [0.25, 0.3) is 0 Å². The Morgan fingerprint density at radius 3 is 1.44 bits per heavy atom. The van der Waals surface area contributed by atoms with Crippen LogP contribution in [0.15, 0.2) is 12.1 Å². The molecule has 0 fully saturated rings. The molecule has 25 heavy (non-hydrogen) atoms. The smallest absolute Gasteiger partial charge is 0.547 e. The van der Waals surface area contributed by atoms with Crippen LogP contribution in [-0.2, 0) is 10.8 Å². The van der Waals surface area contributed by atoms with Gasteiger partial charge in [-0.25, -0.2) is 0 Å². The van der Waals surface area contributed by atoms with Gasteiger partial charge >= 0.3 is 14.5 Å². The number of rotatable bonds is 6. The van der Waals surface area contributed by atoms with E-state index < -0.39 is 14.5 Å². The summed E-state index contributed by atoms with van der Waals surface area (Å²) in [7, 11) is 0. The molecule has 1 aromatic rings. The monoisotopic (exact) mass is 360 g/mol. The van der Waals surface area contributed by atoms with Crippen LogP contribution in [0.1, 0.15) is 85.9 Å². The summed E-state index contributed by atoms with van der Waals surface area (Å²) in [6, 6.07) is 4.65. The maximum atomic E-state index is 6.70. The largest absolute Gasteiger partial charge is 0.643 e. The minimum Gasteiger partial charge on any atom is -0.643 e. The number of hydrogen-bond donors (Lipinski definition) is 0. The van der Waals surface area contributed by atoms with E-state index in [2.05, 4.69) is 88.3 Å². The number of benzene rings is 1. The summed E-state index contributed by atoms with van der Waals surface area (Å²) in [6.07, 6.45) is 0. The lowest BCUT2D eigenvalue weighted by Crippen LogP contribution is -2.27. The summed E-state index contributed by atoms with van der Waals surface area (Å²) in [5.41, 5.74) is 4.56. The zero-order valence-corrected chi connectivity index (χ0v) is 19.9. The Hall–Kier alpha value is -0.448. The average Bonchev–Trinajstić information content (AvgIpc) is 2.36. The highest BCUT2D eigenvalue weighted by Gasteiger charge is 2.29. The van der Waals surface area contributed by atoms with Crippen molar-refractivity contribution in [2.45, 2.75) is 97.6 Å². The van der Waals surface area contributed by atoms with Gasteiger partial charge in [0.15, 0.2) is 0 Å². The molecule has 0 N–H and O–H groups in total. The van der Waals surface area contributed by atoms with E-state index >= 15 is 0 Å². The minimum absolute atomic E-state index is 0.136. The SMILES string of the molecule is Cc1c(C(C)(C)C)cc([O][Al]([CH2]C(C)C)[CH2]C(C)C)cc1C(C)(C)C. The van der Waals surface area contributed by atoms with Gasteiger partial charge in [0, 0.05) is 0 Å². The lowest BCUT2D eigenvalue weighted by Gasteiger charge is -2.31. The van der Waals surface area contributed by atoms with Crippen molar-refractivity contribution in [2.75, 3.05) is 0 Å². The molecule has 0 aliphatic rings. The summed E-state index contributed by atoms with van der Waals surface area (Å²) >= 11 is -1.24. The van der Waals surface area contributed by atoms with E-state index in [0.29, 0.717) is 11.8 Å². The van der Waals surface area contributed by atoms with Crippen molar-refractivity contribution in [2.24, 2.45) is 11.8 Å². The zero-order chi connectivity index (χ0) is 19.6. The predicted octanol–water partition coefficient (Wildman–Crippen LogP) is 7.27. The normalized spacial score (nSPS) is 12.8. The highest BCUT2D eigenvalue weighted by molar-refractivity contribution is 6.52. The third-order valence-electron chi connectivity index (χ3n) is 4.77. The topological polar surface area (TPSA) is 9.23 Å². The first-order valence-electron chi connectivity index (χ1n) is 10.0. The van der Waals surface area contributed by atoms with Crippen LogP contribution in [0, 0.1) is 18.8 Å². The Kier molecular flexibility index (Phi) is 7.68. The third-order valence-corrected chi connectivity index (χ3v) is 8.31. The van der Waals surface area contributed by atoms with Gasteiger partial charge in [0.1, 0.15) is 0 Å². The van der Waals surface area contributed by atoms with E-state index in [-0.39, 0.29) is 10.8 Å². The van der Waals surface area contributed by atoms with Crippen LogP contribution in [0.3, 0.4) is 0 Å². The summed E-state index contributed by atoms with van der Waals surface area (Å²) in [5, 5.41) is 2.50. The molecule has 0 bridgehead atoms. The van der Waals surface area contributed by atoms with E-state index in [1.165, 1.54) is 27.3 Å². The summed E-state index contributed by atoms with van der Waals surface area (Å²) in [6.45, 7) is 25.4. The molecular weight excluding hydrogens is 319 g/mol. The summed E-state index contributed by atoms with van der Waals surface area (Å²) < 4.78 is 6.70. The zero-order valence-electron chi connectivity index (χ0n) is 18.7. The van der Waals surface area contributed by atoms with E-state index in [1.807, 2.05) is 0 Å². The van der Waals surface area contributed by atoms with E-state index in [0.717, 1.165) is 5.75 Å². The molecule has 1 aromatic carbocycles. The Labute approximate surface area is 162 Å². The Morgan fingerprint density at radius 1 is 0.800 bits per heavy atom. The van der Waals surface area contributed by atoms with Gasteiger partial charge < -0.3 is 3.79 Å². The fourth-order valence-corrected chi connectivity index (χ4v) is 6.76. The van der Waals surface area contributed by atoms with Crippen molar-refractivity contribution >= 4 is 14.5 Å². The van der Waals surface area contributed by atoms with Crippen molar-refractivity contribution < 1.29 is 3.79 Å². The molecule has 0 spiro atoms. The van der Waals surface area contributed by atoms with Gasteiger partial charge in [-0.15, -0.1) is 0 Å². The van der Waals surface area contributed by atoms with Crippen molar-refractivity contribution in [3.8, 4) is 5.75 Å². The van der Waals surface area contributed by atoms with Gasteiger partial charge in [0.25, 0.3) is 0 Å². The highest BCUT2D eigenvalue weighted by Crippen LogP contribution is 2.37. The van der Waals surface area contributed by atoms with Crippen LogP contribution in [0.5, 0.6) is 5.75 Å². The second-order valence-corrected chi connectivity index (χ2v) is 13.1. The molecule has 0 atom stereocenters. The lowest BCUT2D eigenvalue weighted by atomic mass is 9.76. The molecule has 0 unspecified atom stereocenters. The van der Waals surface area contributed by atoms with Gasteiger partial charge in [0.2, 0.25) is 0 Å². The summed E-state index contributed by atoms with van der Waals surface area (Å²) in [4.78, 5) is 0. The molecule has 0 aliphatic heterocycles. The van der Waals surface area contributed by atoms with Gasteiger partial charge in [-0.3, -0.25) is 0 Å². The van der Waals surface area contributed by atoms with E-state index in [9.17, 15) is 0 Å². The molecule has 1 rings (SSSR count). The second kappa shape index (κ2) is 8.49. The summed E-state index contributed by atoms with van der Waals surface area (Å²) in [5.74, 6) is 2.54. The molecule has 0 saturated heterocycles. The van der Waals surface area contributed by atoms with Gasteiger partial charge in [0.05, 0.1) is 5.75 Å². The maximum absolute atomic E-state index is 6.70. The third kappa shape index (κ3) is 6.99. The molecule has 0 saturated carbocycles. The first kappa shape index (κ1) is 22.6. The molecule has 0 aromatic heterocycles. The van der Waals surface area contributed by atoms with Crippen LogP contribution in [-0.4, -0.2) is 14.5 Å². The standard InChI is InChI=1S/C15H24O.2C4H9.Al/c1-10-12(14(2,3)4)8-11(16)9-13(10)15(5,6)7;2*1-4(2)3;/h8-9,16H,1-7H3;2*4H,1H2,2-3H3;/q;;;+1/p-1. The Bertz CT molecular complexity index is 513. The molecule has 0 amide bonds. The minimum atomic E-state index is -1.24. The van der Waals surface area contributed by atoms with Crippen molar-refractivity contribution in [1.29, 1.82) is 0 Å². The van der Waals surface area contributed by atoms with Crippen LogP contribution in [0.4, 0.5) is 0 Å². The predicted molar refractivity (Wildman–Crippen MR) is 114 cm³/mol. The van der Waals surface area contributed by atoms with Crippen molar-refractivity contribution in [3.05, 3.63) is 28.8 Å². The van der Waals surface area contributed by atoms with Crippen LogP contribution in [0.2, 0.25) is 10.6 Å². The van der Waals surface area contributed by atoms with E-state index in [1.54, 1.807) is 0 Å².